The molecule has 0 atom stereocenters. The third-order valence-electron chi connectivity index (χ3n) is 2.62. The summed E-state index contributed by atoms with van der Waals surface area (Å²) in [6.45, 7) is 1.38. The van der Waals surface area contributed by atoms with E-state index in [4.69, 9.17) is 0 Å². The molecule has 0 aliphatic heterocycles. The first-order valence-corrected chi connectivity index (χ1v) is 5.74. The van der Waals surface area contributed by atoms with Crippen LogP contribution in [0.5, 0.6) is 0 Å². The van der Waals surface area contributed by atoms with Gasteiger partial charge in [-0.05, 0) is 11.1 Å². The molecule has 0 spiro atoms. The average molecular weight is 278 g/mol. The first-order valence-electron chi connectivity index (χ1n) is 5.74. The Bertz CT molecular complexity index is 532. The minimum atomic E-state index is -0.374. The van der Waals surface area contributed by atoms with Gasteiger partial charge in [0.2, 0.25) is 0 Å². The highest BCUT2D eigenvalue weighted by atomic mass is 35.5. The Hall–Kier alpha value is -1.91. The Labute approximate surface area is 118 Å². The van der Waals surface area contributed by atoms with Gasteiger partial charge in [0.25, 0.3) is 5.69 Å². The quantitative estimate of drug-likeness (QED) is 0.613. The Morgan fingerprint density at radius 2 is 1.58 bits per heavy atom. The highest BCUT2D eigenvalue weighted by Crippen LogP contribution is 2.12. The number of nitro benzene ring substituents is 1. The molecule has 1 N–H and O–H groups in total. The summed E-state index contributed by atoms with van der Waals surface area (Å²) in [5.74, 6) is 0. The number of hydrogen-bond acceptors (Lipinski definition) is 3. The van der Waals surface area contributed by atoms with E-state index in [1.165, 1.54) is 11.6 Å². The van der Waals surface area contributed by atoms with E-state index in [0.717, 1.165) is 12.1 Å². The fourth-order valence-corrected chi connectivity index (χ4v) is 1.73. The van der Waals surface area contributed by atoms with Crippen LogP contribution in [0.25, 0.3) is 0 Å². The molecule has 0 aliphatic carbocycles. The van der Waals surface area contributed by atoms with Gasteiger partial charge in [-0.25, -0.2) is 0 Å². The van der Waals surface area contributed by atoms with Crippen molar-refractivity contribution in [3.63, 3.8) is 0 Å². The van der Waals surface area contributed by atoms with E-state index in [-0.39, 0.29) is 23.0 Å². The number of nitrogens with zero attached hydrogens (tertiary/aromatic N) is 1. The van der Waals surface area contributed by atoms with E-state index in [1.54, 1.807) is 12.1 Å². The molecule has 0 amide bonds. The van der Waals surface area contributed by atoms with Gasteiger partial charge in [0.15, 0.2) is 0 Å². The summed E-state index contributed by atoms with van der Waals surface area (Å²) in [4.78, 5) is 10.3. The van der Waals surface area contributed by atoms with Gasteiger partial charge in [-0.3, -0.25) is 10.1 Å². The molecule has 19 heavy (non-hydrogen) atoms. The zero-order valence-electron chi connectivity index (χ0n) is 10.3. The van der Waals surface area contributed by atoms with Gasteiger partial charge in [-0.15, -0.1) is 0 Å². The van der Waals surface area contributed by atoms with Crippen LogP contribution in [0.15, 0.2) is 54.6 Å². The fraction of sp³-hybridized carbons (Fsp3) is 0.143. The number of halogens is 1. The monoisotopic (exact) mass is 277 g/mol. The van der Waals surface area contributed by atoms with E-state index in [0.29, 0.717) is 6.54 Å². The smallest absolute Gasteiger partial charge is 0.269 e. The second-order valence-corrected chi connectivity index (χ2v) is 4.02. The molecular formula is C14H14ClN2O2-. The molecule has 100 valence electrons. The summed E-state index contributed by atoms with van der Waals surface area (Å²) in [7, 11) is 0. The molecule has 0 aliphatic rings. The molecule has 0 aromatic heterocycles. The molecule has 0 fully saturated rings. The lowest BCUT2D eigenvalue weighted by Gasteiger charge is -2.04. The van der Waals surface area contributed by atoms with Crippen molar-refractivity contribution >= 4 is 5.69 Å². The molecule has 0 unspecified atom stereocenters. The van der Waals surface area contributed by atoms with Gasteiger partial charge in [0.05, 0.1) is 4.92 Å². The molecular weight excluding hydrogens is 264 g/mol. The molecule has 0 saturated carbocycles. The molecule has 4 nitrogen and oxygen atoms in total. The topological polar surface area (TPSA) is 55.2 Å². The van der Waals surface area contributed by atoms with E-state index in [9.17, 15) is 10.1 Å². The van der Waals surface area contributed by atoms with Crippen molar-refractivity contribution in [2.24, 2.45) is 0 Å². The van der Waals surface area contributed by atoms with Crippen LogP contribution >= 0.6 is 0 Å². The Morgan fingerprint density at radius 3 is 2.26 bits per heavy atom. The van der Waals surface area contributed by atoms with Crippen LogP contribution < -0.4 is 17.7 Å². The maximum absolute atomic E-state index is 10.6. The molecule has 5 heteroatoms. The van der Waals surface area contributed by atoms with Crippen molar-refractivity contribution in [3.8, 4) is 0 Å². The Kier molecular flexibility index (Phi) is 5.99. The highest BCUT2D eigenvalue weighted by Gasteiger charge is 2.04. The highest BCUT2D eigenvalue weighted by molar-refractivity contribution is 5.34. The van der Waals surface area contributed by atoms with Gasteiger partial charge in [-0.1, -0.05) is 42.5 Å². The molecule has 2 aromatic rings. The first-order chi connectivity index (χ1) is 8.75. The van der Waals surface area contributed by atoms with Crippen LogP contribution in [0, 0.1) is 10.1 Å². The number of nitro groups is 1. The van der Waals surface area contributed by atoms with Crippen LogP contribution in [0.4, 0.5) is 5.69 Å². The van der Waals surface area contributed by atoms with Crippen LogP contribution in [0.2, 0.25) is 0 Å². The van der Waals surface area contributed by atoms with Crippen molar-refractivity contribution in [1.82, 2.24) is 5.32 Å². The predicted octanol–water partition coefficient (Wildman–Crippen LogP) is -0.111. The van der Waals surface area contributed by atoms with E-state index in [1.807, 2.05) is 36.4 Å². The minimum absolute atomic E-state index is 0. The largest absolute Gasteiger partial charge is 1.00 e. The van der Waals surface area contributed by atoms with Gasteiger partial charge < -0.3 is 17.7 Å². The molecule has 2 rings (SSSR count). The van der Waals surface area contributed by atoms with E-state index in [2.05, 4.69) is 5.32 Å². The summed E-state index contributed by atoms with van der Waals surface area (Å²) in [5.41, 5.74) is 2.25. The van der Waals surface area contributed by atoms with Crippen LogP contribution in [0.3, 0.4) is 0 Å². The van der Waals surface area contributed by atoms with Crippen LogP contribution in [0.1, 0.15) is 11.1 Å². The summed E-state index contributed by atoms with van der Waals surface area (Å²) in [5, 5.41) is 13.9. The second kappa shape index (κ2) is 7.51. The zero-order chi connectivity index (χ0) is 12.8. The molecule has 0 radical (unpaired) electrons. The van der Waals surface area contributed by atoms with Crippen LogP contribution in [-0.2, 0) is 13.1 Å². The van der Waals surface area contributed by atoms with E-state index >= 15 is 0 Å². The maximum Gasteiger partial charge on any atom is 0.269 e. The predicted molar refractivity (Wildman–Crippen MR) is 70.1 cm³/mol. The number of non-ortho nitro benzene ring substituents is 1. The molecule has 0 saturated heterocycles. The van der Waals surface area contributed by atoms with Gasteiger partial charge in [0, 0.05) is 25.2 Å². The van der Waals surface area contributed by atoms with Crippen molar-refractivity contribution in [2.75, 3.05) is 0 Å². The van der Waals surface area contributed by atoms with Crippen molar-refractivity contribution < 1.29 is 17.3 Å². The molecule has 2 aromatic carbocycles. The lowest BCUT2D eigenvalue weighted by atomic mass is 10.2. The second-order valence-electron chi connectivity index (χ2n) is 4.02. The van der Waals surface area contributed by atoms with E-state index < -0.39 is 0 Å². The Balaban J connectivity index is 0.00000180. The minimum Gasteiger partial charge on any atom is -1.00 e. The van der Waals surface area contributed by atoms with Gasteiger partial charge in [0.1, 0.15) is 0 Å². The number of rotatable bonds is 5. The Morgan fingerprint density at radius 1 is 0.947 bits per heavy atom. The summed E-state index contributed by atoms with van der Waals surface area (Å²) in [6, 6.07) is 16.7. The normalized spacial score (nSPS) is 9.68. The molecule has 0 heterocycles. The van der Waals surface area contributed by atoms with Crippen molar-refractivity contribution in [2.45, 2.75) is 13.1 Å². The number of benzene rings is 2. The summed E-state index contributed by atoms with van der Waals surface area (Å²) < 4.78 is 0. The lowest BCUT2D eigenvalue weighted by Crippen LogP contribution is -3.00. The van der Waals surface area contributed by atoms with Crippen molar-refractivity contribution in [3.05, 3.63) is 75.8 Å². The number of nitrogens with one attached hydrogen (secondary N) is 1. The molecule has 0 bridgehead atoms. The fourth-order valence-electron chi connectivity index (χ4n) is 1.73. The average Bonchev–Trinajstić information content (AvgIpc) is 2.40. The van der Waals surface area contributed by atoms with Gasteiger partial charge in [-0.2, -0.15) is 0 Å². The standard InChI is InChI=1S/C14H14N2O2.ClH/c17-16(18)14-8-4-7-13(9-14)11-15-10-12-5-2-1-3-6-12;/h1-9,15H,10-11H2;1H/p-1. The lowest BCUT2D eigenvalue weighted by molar-refractivity contribution is -0.384. The SMILES string of the molecule is O=[N+]([O-])c1cccc(CNCc2ccccc2)c1.[Cl-]. The summed E-state index contributed by atoms with van der Waals surface area (Å²) in [6.07, 6.45) is 0. The van der Waals surface area contributed by atoms with Crippen molar-refractivity contribution in [1.29, 1.82) is 0 Å². The van der Waals surface area contributed by atoms with Crippen LogP contribution in [-0.4, -0.2) is 4.92 Å². The maximum atomic E-state index is 10.6. The summed E-state index contributed by atoms with van der Waals surface area (Å²) >= 11 is 0. The third kappa shape index (κ3) is 4.69. The number of hydrogen-bond donors (Lipinski definition) is 1. The third-order valence-corrected chi connectivity index (χ3v) is 2.62. The zero-order valence-corrected chi connectivity index (χ0v) is 11.0. The first kappa shape index (κ1) is 15.1. The van der Waals surface area contributed by atoms with Gasteiger partial charge >= 0.3 is 0 Å².